The maximum atomic E-state index is 12.8. The van der Waals surface area contributed by atoms with E-state index in [1.54, 1.807) is 36.4 Å². The molecule has 0 radical (unpaired) electrons. The zero-order valence-corrected chi connectivity index (χ0v) is 15.5. The van der Waals surface area contributed by atoms with Crippen molar-refractivity contribution in [3.8, 4) is 0 Å². The van der Waals surface area contributed by atoms with Gasteiger partial charge in [-0.2, -0.15) is 9.78 Å². The highest BCUT2D eigenvalue weighted by atomic mass is 35.5. The van der Waals surface area contributed by atoms with Crippen molar-refractivity contribution in [1.82, 2.24) is 9.78 Å². The number of nitrogens with zero attached hydrogens (tertiary/aromatic N) is 3. The second kappa shape index (κ2) is 7.31. The summed E-state index contributed by atoms with van der Waals surface area (Å²) in [5.74, 6) is -0.299. The van der Waals surface area contributed by atoms with Gasteiger partial charge in [0.2, 0.25) is 0 Å². The van der Waals surface area contributed by atoms with E-state index < -0.39 is 4.92 Å². The summed E-state index contributed by atoms with van der Waals surface area (Å²) >= 11 is 7.52. The van der Waals surface area contributed by atoms with Gasteiger partial charge in [0.15, 0.2) is 0 Å². The summed E-state index contributed by atoms with van der Waals surface area (Å²) in [6.07, 6.45) is 0. The molecule has 0 fully saturated rings. The molecule has 0 saturated carbocycles. The van der Waals surface area contributed by atoms with Crippen LogP contribution < -0.4 is 0 Å². The third kappa shape index (κ3) is 3.49. The largest absolute Gasteiger partial charge is 0.279 e. The van der Waals surface area contributed by atoms with Crippen LogP contribution >= 0.6 is 23.4 Å². The van der Waals surface area contributed by atoms with E-state index in [1.165, 1.54) is 28.6 Å². The van der Waals surface area contributed by atoms with Crippen LogP contribution in [0.1, 0.15) is 21.7 Å². The van der Waals surface area contributed by atoms with Crippen LogP contribution in [0.5, 0.6) is 0 Å². The smallest absolute Gasteiger partial charge is 0.267 e. The van der Waals surface area contributed by atoms with E-state index in [-0.39, 0.29) is 11.6 Å². The number of nitro benzene ring substituents is 1. The number of carbonyl (C=O) groups excluding carboxylic acids is 1. The molecule has 6 nitrogen and oxygen atoms in total. The number of hydrogen-bond donors (Lipinski definition) is 0. The summed E-state index contributed by atoms with van der Waals surface area (Å²) in [6.45, 7) is 3.62. The van der Waals surface area contributed by atoms with Crippen LogP contribution in [0.3, 0.4) is 0 Å². The Morgan fingerprint density at radius 3 is 2.42 bits per heavy atom. The number of aryl methyl sites for hydroxylation is 1. The van der Waals surface area contributed by atoms with Gasteiger partial charge in [-0.05, 0) is 38.1 Å². The Morgan fingerprint density at radius 2 is 1.81 bits per heavy atom. The Balaban J connectivity index is 1.92. The predicted molar refractivity (Wildman–Crippen MR) is 100 cm³/mol. The van der Waals surface area contributed by atoms with Crippen molar-refractivity contribution in [3.63, 3.8) is 0 Å². The molecule has 0 N–H and O–H groups in total. The number of aromatic nitrogens is 2. The number of benzene rings is 2. The van der Waals surface area contributed by atoms with Gasteiger partial charge in [-0.3, -0.25) is 14.9 Å². The first kappa shape index (κ1) is 18.2. The molecule has 0 bridgehead atoms. The zero-order valence-electron chi connectivity index (χ0n) is 14.0. The molecule has 8 heteroatoms. The highest BCUT2D eigenvalue weighted by molar-refractivity contribution is 7.99. The molecular weight excluding hydrogens is 374 g/mol. The lowest BCUT2D eigenvalue weighted by Crippen LogP contribution is -2.15. The molecule has 0 aliphatic rings. The van der Waals surface area contributed by atoms with Gasteiger partial charge in [-0.25, -0.2) is 0 Å². The van der Waals surface area contributed by atoms with Crippen molar-refractivity contribution in [2.45, 2.75) is 23.6 Å². The van der Waals surface area contributed by atoms with E-state index in [1.807, 2.05) is 13.8 Å². The van der Waals surface area contributed by atoms with E-state index in [9.17, 15) is 14.9 Å². The van der Waals surface area contributed by atoms with E-state index in [0.29, 0.717) is 22.0 Å². The SMILES string of the molecule is Cc1nn(C(=O)c2ccccc2Cl)c(C)c1Sc1ccc([N+](=O)[O-])cc1. The van der Waals surface area contributed by atoms with Crippen LogP contribution in [0, 0.1) is 24.0 Å². The van der Waals surface area contributed by atoms with Crippen LogP contribution in [-0.4, -0.2) is 20.6 Å². The van der Waals surface area contributed by atoms with Crippen LogP contribution in [0.2, 0.25) is 5.02 Å². The lowest BCUT2D eigenvalue weighted by molar-refractivity contribution is -0.384. The molecule has 0 aliphatic heterocycles. The molecule has 0 spiro atoms. The van der Waals surface area contributed by atoms with Crippen molar-refractivity contribution in [2.24, 2.45) is 0 Å². The molecular formula is C18H14ClN3O3S. The average Bonchev–Trinajstić information content (AvgIpc) is 2.90. The lowest BCUT2D eigenvalue weighted by Gasteiger charge is -2.06. The van der Waals surface area contributed by atoms with Crippen molar-refractivity contribution >= 4 is 35.0 Å². The Morgan fingerprint density at radius 1 is 1.15 bits per heavy atom. The molecule has 3 aromatic rings. The van der Waals surface area contributed by atoms with Gasteiger partial charge in [0.25, 0.3) is 11.6 Å². The maximum absolute atomic E-state index is 12.8. The normalized spacial score (nSPS) is 10.7. The fourth-order valence-electron chi connectivity index (χ4n) is 2.48. The van der Waals surface area contributed by atoms with Gasteiger partial charge in [0.05, 0.1) is 31.8 Å². The van der Waals surface area contributed by atoms with Crippen LogP contribution in [0.4, 0.5) is 5.69 Å². The quantitative estimate of drug-likeness (QED) is 0.470. The summed E-state index contributed by atoms with van der Waals surface area (Å²) in [5.41, 5.74) is 1.81. The number of rotatable bonds is 4. The second-order valence-electron chi connectivity index (χ2n) is 5.55. The third-order valence-electron chi connectivity index (χ3n) is 3.79. The van der Waals surface area contributed by atoms with E-state index in [2.05, 4.69) is 5.10 Å². The Bertz CT molecular complexity index is 999. The Kier molecular flexibility index (Phi) is 5.11. The van der Waals surface area contributed by atoms with Gasteiger partial charge >= 0.3 is 0 Å². The molecule has 0 unspecified atom stereocenters. The first-order valence-corrected chi connectivity index (χ1v) is 8.85. The molecule has 3 rings (SSSR count). The first-order chi connectivity index (χ1) is 12.4. The van der Waals surface area contributed by atoms with Crippen molar-refractivity contribution in [1.29, 1.82) is 0 Å². The Labute approximate surface area is 158 Å². The number of non-ortho nitro benzene ring substituents is 1. The fourth-order valence-corrected chi connectivity index (χ4v) is 3.62. The maximum Gasteiger partial charge on any atom is 0.279 e. The highest BCUT2D eigenvalue weighted by Gasteiger charge is 2.20. The number of halogens is 1. The minimum Gasteiger partial charge on any atom is -0.267 e. The summed E-state index contributed by atoms with van der Waals surface area (Å²) in [6, 6.07) is 13.1. The molecule has 26 heavy (non-hydrogen) atoms. The molecule has 1 aromatic heterocycles. The molecule has 1 heterocycles. The summed E-state index contributed by atoms with van der Waals surface area (Å²) < 4.78 is 1.34. The summed E-state index contributed by atoms with van der Waals surface area (Å²) in [7, 11) is 0. The lowest BCUT2D eigenvalue weighted by atomic mass is 10.2. The monoisotopic (exact) mass is 387 g/mol. The van der Waals surface area contributed by atoms with Crippen molar-refractivity contribution < 1.29 is 9.72 Å². The van der Waals surface area contributed by atoms with E-state index >= 15 is 0 Å². The van der Waals surface area contributed by atoms with Crippen molar-refractivity contribution in [2.75, 3.05) is 0 Å². The fraction of sp³-hybridized carbons (Fsp3) is 0.111. The first-order valence-electron chi connectivity index (χ1n) is 7.66. The Hall–Kier alpha value is -2.64. The second-order valence-corrected chi connectivity index (χ2v) is 7.04. The summed E-state index contributed by atoms with van der Waals surface area (Å²) in [4.78, 5) is 24.7. The van der Waals surface area contributed by atoms with Gasteiger partial charge in [-0.15, -0.1) is 0 Å². The molecule has 2 aromatic carbocycles. The topological polar surface area (TPSA) is 78.0 Å². The zero-order chi connectivity index (χ0) is 18.8. The van der Waals surface area contributed by atoms with Gasteiger partial charge in [0.1, 0.15) is 0 Å². The molecule has 0 atom stereocenters. The average molecular weight is 388 g/mol. The van der Waals surface area contributed by atoms with Gasteiger partial charge in [-0.1, -0.05) is 35.5 Å². The number of carbonyl (C=O) groups is 1. The molecule has 0 aliphatic carbocycles. The molecule has 132 valence electrons. The van der Waals surface area contributed by atoms with Crippen molar-refractivity contribution in [3.05, 3.63) is 80.6 Å². The van der Waals surface area contributed by atoms with Gasteiger partial charge < -0.3 is 0 Å². The minimum absolute atomic E-state index is 0.0346. The van der Waals surface area contributed by atoms with Crippen LogP contribution in [0.25, 0.3) is 0 Å². The molecule has 0 saturated heterocycles. The minimum atomic E-state index is -0.439. The van der Waals surface area contributed by atoms with Crippen LogP contribution in [0.15, 0.2) is 58.3 Å². The van der Waals surface area contributed by atoms with Crippen LogP contribution in [-0.2, 0) is 0 Å². The predicted octanol–water partition coefficient (Wildman–Crippen LogP) is 4.90. The van der Waals surface area contributed by atoms with E-state index in [0.717, 1.165) is 9.79 Å². The van der Waals surface area contributed by atoms with Gasteiger partial charge in [0, 0.05) is 17.0 Å². The third-order valence-corrected chi connectivity index (χ3v) is 5.42. The standard InChI is InChI=1S/C18H14ClN3O3S/c1-11-17(26-14-9-7-13(8-10-14)22(24)25)12(2)21(20-11)18(23)15-5-3-4-6-16(15)19/h3-10H,1-2H3. The number of hydrogen-bond acceptors (Lipinski definition) is 5. The highest BCUT2D eigenvalue weighted by Crippen LogP contribution is 2.34. The molecule has 0 amide bonds. The number of nitro groups is 1. The van der Waals surface area contributed by atoms with E-state index in [4.69, 9.17) is 11.6 Å². The summed E-state index contributed by atoms with van der Waals surface area (Å²) in [5, 5.41) is 15.5.